The van der Waals surface area contributed by atoms with Crippen LogP contribution in [0.5, 0.6) is 17.2 Å². The molecular formula is C16H15NO4. The van der Waals surface area contributed by atoms with Crippen molar-refractivity contribution in [1.29, 1.82) is 0 Å². The van der Waals surface area contributed by atoms with Gasteiger partial charge in [-0.1, -0.05) is 30.3 Å². The van der Waals surface area contributed by atoms with Crippen LogP contribution in [0.1, 0.15) is 5.56 Å². The summed E-state index contributed by atoms with van der Waals surface area (Å²) in [6.45, 7) is 0.590. The Hall–Kier alpha value is -2.69. The van der Waals surface area contributed by atoms with Crippen LogP contribution in [0.2, 0.25) is 0 Å². The minimum Gasteiger partial charge on any atom is -0.489 e. The summed E-state index contributed by atoms with van der Waals surface area (Å²) < 4.78 is 16.6. The SMILES string of the molecule is NC(=O)[C@H]1COc2ccc(OCc3ccccc3)cc2O1. The van der Waals surface area contributed by atoms with Crippen LogP contribution in [-0.2, 0) is 11.4 Å². The number of carbonyl (C=O) groups excluding carboxylic acids is 1. The van der Waals surface area contributed by atoms with Crippen molar-refractivity contribution in [1.82, 2.24) is 0 Å². The Morgan fingerprint density at radius 3 is 2.76 bits per heavy atom. The number of fused-ring (bicyclic) bond motifs is 1. The van der Waals surface area contributed by atoms with Gasteiger partial charge in [0.15, 0.2) is 11.5 Å². The average Bonchev–Trinajstić information content (AvgIpc) is 2.53. The van der Waals surface area contributed by atoms with Gasteiger partial charge in [0.2, 0.25) is 6.10 Å². The molecule has 0 unspecified atom stereocenters. The number of hydrogen-bond donors (Lipinski definition) is 1. The van der Waals surface area contributed by atoms with Gasteiger partial charge in [-0.15, -0.1) is 0 Å². The van der Waals surface area contributed by atoms with E-state index in [2.05, 4.69) is 0 Å². The summed E-state index contributed by atoms with van der Waals surface area (Å²) in [5, 5.41) is 0. The molecule has 1 heterocycles. The van der Waals surface area contributed by atoms with Gasteiger partial charge < -0.3 is 19.9 Å². The van der Waals surface area contributed by atoms with E-state index >= 15 is 0 Å². The fourth-order valence-corrected chi connectivity index (χ4v) is 2.02. The summed E-state index contributed by atoms with van der Waals surface area (Å²) in [6, 6.07) is 15.1. The number of carbonyl (C=O) groups is 1. The van der Waals surface area contributed by atoms with E-state index in [1.807, 2.05) is 30.3 Å². The van der Waals surface area contributed by atoms with Crippen LogP contribution in [0, 0.1) is 0 Å². The van der Waals surface area contributed by atoms with Gasteiger partial charge in [0.25, 0.3) is 5.91 Å². The number of primary amides is 1. The largest absolute Gasteiger partial charge is 0.489 e. The predicted octanol–water partition coefficient (Wildman–Crippen LogP) is 1.89. The summed E-state index contributed by atoms with van der Waals surface area (Å²) in [5.74, 6) is 1.15. The van der Waals surface area contributed by atoms with E-state index in [0.29, 0.717) is 23.9 Å². The quantitative estimate of drug-likeness (QED) is 0.931. The Kier molecular flexibility index (Phi) is 3.64. The van der Waals surface area contributed by atoms with Gasteiger partial charge in [-0.3, -0.25) is 4.79 Å². The van der Waals surface area contributed by atoms with Gasteiger partial charge in [0.1, 0.15) is 19.0 Å². The fourth-order valence-electron chi connectivity index (χ4n) is 2.02. The molecule has 0 saturated carbocycles. The third-order valence-electron chi connectivity index (χ3n) is 3.14. The number of hydrogen-bond acceptors (Lipinski definition) is 4. The molecule has 2 aromatic rings. The second kappa shape index (κ2) is 5.75. The first kappa shape index (κ1) is 13.3. The first-order chi connectivity index (χ1) is 10.2. The van der Waals surface area contributed by atoms with E-state index in [-0.39, 0.29) is 6.61 Å². The molecule has 0 saturated heterocycles. The zero-order valence-electron chi connectivity index (χ0n) is 11.3. The van der Waals surface area contributed by atoms with Crippen LogP contribution in [0.3, 0.4) is 0 Å². The van der Waals surface area contributed by atoms with Crippen molar-refractivity contribution in [2.75, 3.05) is 6.61 Å². The third-order valence-corrected chi connectivity index (χ3v) is 3.14. The van der Waals surface area contributed by atoms with Crippen LogP contribution in [0.4, 0.5) is 0 Å². The molecule has 5 heteroatoms. The van der Waals surface area contributed by atoms with Crippen LogP contribution >= 0.6 is 0 Å². The number of benzene rings is 2. The lowest BCUT2D eigenvalue weighted by Gasteiger charge is -2.24. The highest BCUT2D eigenvalue weighted by atomic mass is 16.6. The zero-order valence-corrected chi connectivity index (χ0v) is 11.3. The van der Waals surface area contributed by atoms with Crippen molar-refractivity contribution in [2.45, 2.75) is 12.7 Å². The summed E-state index contributed by atoms with van der Waals surface area (Å²) in [5.41, 5.74) is 6.29. The molecule has 5 nitrogen and oxygen atoms in total. The lowest BCUT2D eigenvalue weighted by Crippen LogP contribution is -2.40. The van der Waals surface area contributed by atoms with E-state index in [1.54, 1.807) is 18.2 Å². The lowest BCUT2D eigenvalue weighted by molar-refractivity contribution is -0.127. The van der Waals surface area contributed by atoms with Crippen LogP contribution < -0.4 is 19.9 Å². The summed E-state index contributed by atoms with van der Waals surface area (Å²) in [6.07, 6.45) is -0.762. The molecule has 108 valence electrons. The topological polar surface area (TPSA) is 70.8 Å². The molecule has 2 aromatic carbocycles. The molecule has 0 aliphatic carbocycles. The van der Waals surface area contributed by atoms with Crippen LogP contribution in [0.25, 0.3) is 0 Å². The molecule has 3 rings (SSSR count). The van der Waals surface area contributed by atoms with Gasteiger partial charge in [-0.05, 0) is 17.7 Å². The normalized spacial score (nSPS) is 16.3. The van der Waals surface area contributed by atoms with Gasteiger partial charge in [0, 0.05) is 6.07 Å². The van der Waals surface area contributed by atoms with Gasteiger partial charge >= 0.3 is 0 Å². The van der Waals surface area contributed by atoms with E-state index < -0.39 is 12.0 Å². The number of amides is 1. The van der Waals surface area contributed by atoms with Crippen molar-refractivity contribution in [3.05, 3.63) is 54.1 Å². The summed E-state index contributed by atoms with van der Waals surface area (Å²) in [7, 11) is 0. The average molecular weight is 285 g/mol. The van der Waals surface area contributed by atoms with Gasteiger partial charge in [0.05, 0.1) is 0 Å². The Morgan fingerprint density at radius 1 is 1.19 bits per heavy atom. The Balaban J connectivity index is 1.71. The molecule has 2 N–H and O–H groups in total. The second-order valence-electron chi connectivity index (χ2n) is 4.70. The van der Waals surface area contributed by atoms with Crippen molar-refractivity contribution in [2.24, 2.45) is 5.73 Å². The molecular weight excluding hydrogens is 270 g/mol. The van der Waals surface area contributed by atoms with E-state index in [4.69, 9.17) is 19.9 Å². The first-order valence-electron chi connectivity index (χ1n) is 6.62. The molecule has 0 fully saturated rings. The first-order valence-corrected chi connectivity index (χ1v) is 6.62. The molecule has 1 aliphatic heterocycles. The Labute approximate surface area is 122 Å². The number of rotatable bonds is 4. The molecule has 1 amide bonds. The van der Waals surface area contributed by atoms with E-state index in [0.717, 1.165) is 5.56 Å². The van der Waals surface area contributed by atoms with Crippen molar-refractivity contribution in [3.63, 3.8) is 0 Å². The van der Waals surface area contributed by atoms with Crippen LogP contribution in [0.15, 0.2) is 48.5 Å². The smallest absolute Gasteiger partial charge is 0.262 e. The standard InChI is InChI=1S/C16H15NO4/c17-16(18)15-10-20-13-7-6-12(8-14(13)21-15)19-9-11-4-2-1-3-5-11/h1-8,15H,9-10H2,(H2,17,18)/t15-/m1/s1. The van der Waals surface area contributed by atoms with Gasteiger partial charge in [-0.2, -0.15) is 0 Å². The highest BCUT2D eigenvalue weighted by Crippen LogP contribution is 2.35. The molecule has 0 radical (unpaired) electrons. The maximum absolute atomic E-state index is 11.1. The lowest BCUT2D eigenvalue weighted by atomic mass is 10.2. The molecule has 21 heavy (non-hydrogen) atoms. The summed E-state index contributed by atoms with van der Waals surface area (Å²) in [4.78, 5) is 11.1. The highest BCUT2D eigenvalue weighted by molar-refractivity contribution is 5.79. The summed E-state index contributed by atoms with van der Waals surface area (Å²) >= 11 is 0. The monoisotopic (exact) mass is 285 g/mol. The fraction of sp³-hybridized carbons (Fsp3) is 0.188. The van der Waals surface area contributed by atoms with E-state index in [9.17, 15) is 4.79 Å². The third kappa shape index (κ3) is 3.08. The van der Waals surface area contributed by atoms with Crippen molar-refractivity contribution >= 4 is 5.91 Å². The van der Waals surface area contributed by atoms with Crippen molar-refractivity contribution in [3.8, 4) is 17.2 Å². The molecule has 0 bridgehead atoms. The van der Waals surface area contributed by atoms with Crippen molar-refractivity contribution < 1.29 is 19.0 Å². The number of nitrogens with two attached hydrogens (primary N) is 1. The maximum Gasteiger partial charge on any atom is 0.262 e. The highest BCUT2D eigenvalue weighted by Gasteiger charge is 2.25. The van der Waals surface area contributed by atoms with E-state index in [1.165, 1.54) is 0 Å². The number of ether oxygens (including phenoxy) is 3. The predicted molar refractivity (Wildman–Crippen MR) is 76.3 cm³/mol. The molecule has 0 aromatic heterocycles. The minimum atomic E-state index is -0.762. The second-order valence-corrected chi connectivity index (χ2v) is 4.70. The zero-order chi connectivity index (χ0) is 14.7. The molecule has 0 spiro atoms. The minimum absolute atomic E-state index is 0.132. The van der Waals surface area contributed by atoms with Crippen LogP contribution in [-0.4, -0.2) is 18.6 Å². The molecule has 1 atom stereocenters. The molecule has 1 aliphatic rings. The Bertz CT molecular complexity index is 642. The maximum atomic E-state index is 11.1. The Morgan fingerprint density at radius 2 is 2.00 bits per heavy atom. The van der Waals surface area contributed by atoms with Gasteiger partial charge in [-0.25, -0.2) is 0 Å².